The van der Waals surface area contributed by atoms with E-state index in [0.717, 1.165) is 17.5 Å². The van der Waals surface area contributed by atoms with Gasteiger partial charge in [0.25, 0.3) is 0 Å². The Morgan fingerprint density at radius 2 is 2.08 bits per heavy atom. The van der Waals surface area contributed by atoms with Gasteiger partial charge in [0.1, 0.15) is 10.8 Å². The van der Waals surface area contributed by atoms with Crippen molar-refractivity contribution in [1.29, 1.82) is 0 Å². The Kier molecular flexibility index (Phi) is 2.02. The van der Waals surface area contributed by atoms with Crippen molar-refractivity contribution in [2.24, 2.45) is 0 Å². The van der Waals surface area contributed by atoms with Gasteiger partial charge in [-0.3, -0.25) is 4.98 Å². The molecule has 0 aliphatic carbocycles. The molecule has 2 nitrogen and oxygen atoms in total. The summed E-state index contributed by atoms with van der Waals surface area (Å²) in [7, 11) is 0. The number of hydrogen-bond donors (Lipinski definition) is 0. The third kappa shape index (κ3) is 1.70. The molecule has 2 rings (SSSR count). The Bertz CT molecular complexity index is 428. The van der Waals surface area contributed by atoms with Gasteiger partial charge in [0, 0.05) is 17.1 Å². The Morgan fingerprint density at radius 1 is 1.23 bits per heavy atom. The summed E-state index contributed by atoms with van der Waals surface area (Å²) in [6.07, 6.45) is 2.54. The largest absolute Gasteiger partial charge is 0.261 e. The fourth-order valence-electron chi connectivity index (χ4n) is 0.916. The predicted molar refractivity (Wildman–Crippen MR) is 45.3 cm³/mol. The van der Waals surface area contributed by atoms with Crippen LogP contribution < -0.4 is 0 Å². The molecule has 66 valence electrons. The minimum absolute atomic E-state index is 0.435. The topological polar surface area (TPSA) is 25.8 Å². The van der Waals surface area contributed by atoms with Crippen molar-refractivity contribution >= 4 is 11.3 Å². The number of nitrogens with zero attached hydrogens (tertiary/aromatic N) is 2. The molecule has 0 atom stereocenters. The van der Waals surface area contributed by atoms with E-state index in [0.29, 0.717) is 10.6 Å². The standard InChI is InChI=1S/C8H4F2N2S/c9-6-1-5(2-11-3-6)8-12-7(10)4-13-8/h1-4H. The lowest BCUT2D eigenvalue weighted by molar-refractivity contribution is 0.593. The van der Waals surface area contributed by atoms with Gasteiger partial charge in [0.2, 0.25) is 5.95 Å². The third-order valence-electron chi connectivity index (χ3n) is 1.43. The normalized spacial score (nSPS) is 10.3. The smallest absolute Gasteiger partial charge is 0.224 e. The van der Waals surface area contributed by atoms with Crippen molar-refractivity contribution in [3.05, 3.63) is 35.6 Å². The average molecular weight is 198 g/mol. The minimum atomic E-state index is -0.552. The molecule has 0 aliphatic rings. The Labute approximate surface area is 76.9 Å². The summed E-state index contributed by atoms with van der Waals surface area (Å²) in [6, 6.07) is 1.27. The predicted octanol–water partition coefficient (Wildman–Crippen LogP) is 2.48. The molecule has 0 saturated carbocycles. The molecule has 0 unspecified atom stereocenters. The van der Waals surface area contributed by atoms with Gasteiger partial charge < -0.3 is 0 Å². The molecule has 5 heteroatoms. The molecule has 2 heterocycles. The molecule has 0 bridgehead atoms. The molecule has 0 aromatic carbocycles. The molecule has 0 N–H and O–H groups in total. The second kappa shape index (κ2) is 3.18. The van der Waals surface area contributed by atoms with Gasteiger partial charge in [0.05, 0.1) is 6.20 Å². The first-order chi connectivity index (χ1) is 6.25. The average Bonchev–Trinajstić information content (AvgIpc) is 2.52. The Hall–Kier alpha value is -1.36. The highest BCUT2D eigenvalue weighted by atomic mass is 32.1. The first-order valence-electron chi connectivity index (χ1n) is 3.47. The van der Waals surface area contributed by atoms with Gasteiger partial charge in [-0.05, 0) is 6.07 Å². The number of thiazole rings is 1. The first kappa shape index (κ1) is 8.25. The molecular weight excluding hydrogens is 194 g/mol. The van der Waals surface area contributed by atoms with Crippen molar-refractivity contribution in [3.63, 3.8) is 0 Å². The van der Waals surface area contributed by atoms with Crippen LogP contribution in [0.3, 0.4) is 0 Å². The van der Waals surface area contributed by atoms with E-state index in [1.807, 2.05) is 0 Å². The van der Waals surface area contributed by atoms with Gasteiger partial charge in [-0.2, -0.15) is 4.39 Å². The van der Waals surface area contributed by atoms with Crippen LogP contribution in [0.5, 0.6) is 0 Å². The number of rotatable bonds is 1. The summed E-state index contributed by atoms with van der Waals surface area (Å²) in [5, 5.41) is 1.70. The quantitative estimate of drug-likeness (QED) is 0.703. The second-order valence-electron chi connectivity index (χ2n) is 2.37. The van der Waals surface area contributed by atoms with E-state index < -0.39 is 11.8 Å². The van der Waals surface area contributed by atoms with Gasteiger partial charge in [0.15, 0.2) is 0 Å². The second-order valence-corrected chi connectivity index (χ2v) is 3.23. The lowest BCUT2D eigenvalue weighted by Gasteiger charge is -1.93. The van der Waals surface area contributed by atoms with E-state index in [9.17, 15) is 8.78 Å². The van der Waals surface area contributed by atoms with Crippen LogP contribution >= 0.6 is 11.3 Å². The molecule has 0 radical (unpaired) electrons. The Balaban J connectivity index is 2.46. The van der Waals surface area contributed by atoms with Crippen LogP contribution in [-0.4, -0.2) is 9.97 Å². The number of pyridine rings is 1. The third-order valence-corrected chi connectivity index (χ3v) is 2.29. The van der Waals surface area contributed by atoms with E-state index in [1.165, 1.54) is 17.6 Å². The zero-order chi connectivity index (χ0) is 9.26. The summed E-state index contributed by atoms with van der Waals surface area (Å²) >= 11 is 1.12. The van der Waals surface area contributed by atoms with Crippen molar-refractivity contribution in [2.75, 3.05) is 0 Å². The molecule has 0 aliphatic heterocycles. The fourth-order valence-corrected chi connectivity index (χ4v) is 1.56. The fraction of sp³-hybridized carbons (Fsp3) is 0. The van der Waals surface area contributed by atoms with Crippen LogP contribution in [0.1, 0.15) is 0 Å². The Morgan fingerprint density at radius 3 is 2.69 bits per heavy atom. The van der Waals surface area contributed by atoms with Crippen LogP contribution in [0.15, 0.2) is 23.8 Å². The van der Waals surface area contributed by atoms with E-state index in [4.69, 9.17) is 0 Å². The highest BCUT2D eigenvalue weighted by molar-refractivity contribution is 7.13. The highest BCUT2D eigenvalue weighted by Crippen LogP contribution is 2.22. The molecular formula is C8H4F2N2S. The van der Waals surface area contributed by atoms with Gasteiger partial charge in [-0.15, -0.1) is 11.3 Å². The van der Waals surface area contributed by atoms with Crippen LogP contribution in [0, 0.1) is 11.8 Å². The molecule has 0 saturated heterocycles. The number of halogens is 2. The minimum Gasteiger partial charge on any atom is -0.261 e. The van der Waals surface area contributed by atoms with Crippen molar-refractivity contribution < 1.29 is 8.78 Å². The summed E-state index contributed by atoms with van der Waals surface area (Å²) in [5.74, 6) is -1.00. The SMILES string of the molecule is Fc1cncc(-c2nc(F)cs2)c1. The molecule has 0 spiro atoms. The zero-order valence-electron chi connectivity index (χ0n) is 6.37. The van der Waals surface area contributed by atoms with Crippen LogP contribution in [0.2, 0.25) is 0 Å². The van der Waals surface area contributed by atoms with Crippen molar-refractivity contribution in [1.82, 2.24) is 9.97 Å². The molecule has 0 fully saturated rings. The summed E-state index contributed by atoms with van der Waals surface area (Å²) in [5.41, 5.74) is 0.494. The van der Waals surface area contributed by atoms with Gasteiger partial charge in [-0.25, -0.2) is 9.37 Å². The lowest BCUT2D eigenvalue weighted by Crippen LogP contribution is -1.82. The van der Waals surface area contributed by atoms with E-state index in [1.54, 1.807) is 0 Å². The number of hydrogen-bond acceptors (Lipinski definition) is 3. The summed E-state index contributed by atoms with van der Waals surface area (Å²) in [4.78, 5) is 7.21. The maximum Gasteiger partial charge on any atom is 0.224 e. The molecule has 2 aromatic rings. The van der Waals surface area contributed by atoms with Crippen LogP contribution in [0.4, 0.5) is 8.78 Å². The molecule has 0 amide bonds. The monoisotopic (exact) mass is 198 g/mol. The van der Waals surface area contributed by atoms with Crippen molar-refractivity contribution in [2.45, 2.75) is 0 Å². The van der Waals surface area contributed by atoms with Crippen molar-refractivity contribution in [3.8, 4) is 10.6 Å². The lowest BCUT2D eigenvalue weighted by atomic mass is 10.3. The molecule has 13 heavy (non-hydrogen) atoms. The van der Waals surface area contributed by atoms with E-state index in [2.05, 4.69) is 9.97 Å². The first-order valence-corrected chi connectivity index (χ1v) is 4.35. The van der Waals surface area contributed by atoms with E-state index in [-0.39, 0.29) is 0 Å². The number of aromatic nitrogens is 2. The zero-order valence-corrected chi connectivity index (χ0v) is 7.18. The van der Waals surface area contributed by atoms with Crippen LogP contribution in [0.25, 0.3) is 10.6 Å². The maximum absolute atomic E-state index is 12.7. The summed E-state index contributed by atoms with van der Waals surface area (Å²) < 4.78 is 25.2. The van der Waals surface area contributed by atoms with Crippen LogP contribution in [-0.2, 0) is 0 Å². The van der Waals surface area contributed by atoms with E-state index >= 15 is 0 Å². The summed E-state index contributed by atoms with van der Waals surface area (Å²) in [6.45, 7) is 0. The maximum atomic E-state index is 12.7. The molecule has 2 aromatic heterocycles. The highest BCUT2D eigenvalue weighted by Gasteiger charge is 2.04. The van der Waals surface area contributed by atoms with Gasteiger partial charge in [-0.1, -0.05) is 0 Å². The van der Waals surface area contributed by atoms with Gasteiger partial charge >= 0.3 is 0 Å².